The van der Waals surface area contributed by atoms with Gasteiger partial charge in [-0.05, 0) is 24.3 Å². The first-order valence-electron chi connectivity index (χ1n) is 6.72. The molecule has 1 heterocycles. The lowest BCUT2D eigenvalue weighted by molar-refractivity contribution is -0.121. The lowest BCUT2D eigenvalue weighted by atomic mass is 10.3. The van der Waals surface area contributed by atoms with Crippen LogP contribution < -0.4 is 10.1 Å². The number of benzene rings is 1. The van der Waals surface area contributed by atoms with E-state index in [1.165, 1.54) is 36.0 Å². The quantitative estimate of drug-likeness (QED) is 0.781. The summed E-state index contributed by atoms with van der Waals surface area (Å²) in [5.41, 5.74) is 0. The Labute approximate surface area is 126 Å². The fourth-order valence-corrected chi connectivity index (χ4v) is 2.70. The van der Waals surface area contributed by atoms with Crippen LogP contribution in [0.3, 0.4) is 0 Å². The highest BCUT2D eigenvalue weighted by Gasteiger charge is 2.21. The summed E-state index contributed by atoms with van der Waals surface area (Å²) in [6.45, 7) is 1.86. The van der Waals surface area contributed by atoms with Crippen LogP contribution in [-0.2, 0) is 4.79 Å². The zero-order valence-corrected chi connectivity index (χ0v) is 12.3. The molecule has 1 N–H and O–H groups in total. The third-order valence-corrected chi connectivity index (χ3v) is 3.85. The molecule has 21 heavy (non-hydrogen) atoms. The van der Waals surface area contributed by atoms with Crippen LogP contribution in [0, 0.1) is 5.82 Å². The SMILES string of the molecule is O=C(CCN1CCSC1=O)NCCOc1ccc(F)cc1. The molecular weight excluding hydrogens is 295 g/mol. The van der Waals surface area contributed by atoms with Gasteiger partial charge in [-0.15, -0.1) is 0 Å². The molecule has 1 aromatic carbocycles. The van der Waals surface area contributed by atoms with Gasteiger partial charge >= 0.3 is 0 Å². The van der Waals surface area contributed by atoms with Gasteiger partial charge in [-0.25, -0.2) is 4.39 Å². The molecule has 1 aliphatic rings. The van der Waals surface area contributed by atoms with Crippen LogP contribution in [-0.4, -0.2) is 48.0 Å². The van der Waals surface area contributed by atoms with Crippen molar-refractivity contribution in [2.75, 3.05) is 32.0 Å². The number of thioether (sulfide) groups is 1. The maximum Gasteiger partial charge on any atom is 0.281 e. The second-order valence-electron chi connectivity index (χ2n) is 4.50. The topological polar surface area (TPSA) is 58.6 Å². The number of ether oxygens (including phenoxy) is 1. The summed E-state index contributed by atoms with van der Waals surface area (Å²) in [5, 5.41) is 2.76. The van der Waals surface area contributed by atoms with Crippen molar-refractivity contribution in [1.29, 1.82) is 0 Å². The van der Waals surface area contributed by atoms with Gasteiger partial charge in [0.2, 0.25) is 5.91 Å². The number of halogens is 1. The van der Waals surface area contributed by atoms with Crippen molar-refractivity contribution in [3.8, 4) is 5.75 Å². The van der Waals surface area contributed by atoms with Crippen LogP contribution in [0.15, 0.2) is 24.3 Å². The van der Waals surface area contributed by atoms with Gasteiger partial charge in [0.15, 0.2) is 0 Å². The molecule has 0 spiro atoms. The number of rotatable bonds is 7. The van der Waals surface area contributed by atoms with Gasteiger partial charge in [-0.3, -0.25) is 9.59 Å². The Balaban J connectivity index is 1.56. The number of hydrogen-bond donors (Lipinski definition) is 1. The van der Waals surface area contributed by atoms with E-state index in [0.717, 1.165) is 5.75 Å². The maximum atomic E-state index is 12.7. The van der Waals surface area contributed by atoms with Gasteiger partial charge in [0.25, 0.3) is 5.24 Å². The van der Waals surface area contributed by atoms with Crippen molar-refractivity contribution in [2.45, 2.75) is 6.42 Å². The van der Waals surface area contributed by atoms with E-state index >= 15 is 0 Å². The minimum atomic E-state index is -0.315. The largest absolute Gasteiger partial charge is 0.492 e. The van der Waals surface area contributed by atoms with Crippen molar-refractivity contribution < 1.29 is 18.7 Å². The monoisotopic (exact) mass is 312 g/mol. The number of hydrogen-bond acceptors (Lipinski definition) is 4. The molecule has 0 aromatic heterocycles. The van der Waals surface area contributed by atoms with E-state index in [4.69, 9.17) is 4.74 Å². The molecule has 1 saturated heterocycles. The lowest BCUT2D eigenvalue weighted by Gasteiger charge is -2.14. The molecule has 0 bridgehead atoms. The van der Waals surface area contributed by atoms with Gasteiger partial charge in [0.1, 0.15) is 18.2 Å². The smallest absolute Gasteiger partial charge is 0.281 e. The Morgan fingerprint density at radius 1 is 1.38 bits per heavy atom. The summed E-state index contributed by atoms with van der Waals surface area (Å²) >= 11 is 1.29. The van der Waals surface area contributed by atoms with Crippen LogP contribution in [0.2, 0.25) is 0 Å². The predicted octanol–water partition coefficient (Wildman–Crippen LogP) is 1.88. The van der Waals surface area contributed by atoms with E-state index in [1.54, 1.807) is 4.90 Å². The summed E-state index contributed by atoms with van der Waals surface area (Å²) in [6.07, 6.45) is 0.294. The number of nitrogens with zero attached hydrogens (tertiary/aromatic N) is 1. The van der Waals surface area contributed by atoms with Crippen molar-refractivity contribution in [3.63, 3.8) is 0 Å². The van der Waals surface area contributed by atoms with Gasteiger partial charge in [-0.1, -0.05) is 11.8 Å². The van der Waals surface area contributed by atoms with Crippen molar-refractivity contribution in [3.05, 3.63) is 30.1 Å². The minimum absolute atomic E-state index is 0.0439. The molecular formula is C14H17FN2O3S. The minimum Gasteiger partial charge on any atom is -0.492 e. The highest BCUT2D eigenvalue weighted by atomic mass is 32.2. The summed E-state index contributed by atoms with van der Waals surface area (Å²) < 4.78 is 18.0. The lowest BCUT2D eigenvalue weighted by Crippen LogP contribution is -2.32. The molecule has 0 atom stereocenters. The zero-order valence-electron chi connectivity index (χ0n) is 11.5. The summed E-state index contributed by atoms with van der Waals surface area (Å²) in [6, 6.07) is 5.71. The molecule has 0 unspecified atom stereocenters. The molecule has 1 fully saturated rings. The molecule has 0 aliphatic carbocycles. The van der Waals surface area contributed by atoms with Gasteiger partial charge in [-0.2, -0.15) is 0 Å². The summed E-state index contributed by atoms with van der Waals surface area (Å²) in [5.74, 6) is 0.935. The molecule has 1 aromatic rings. The zero-order chi connectivity index (χ0) is 15.1. The Morgan fingerprint density at radius 3 is 2.81 bits per heavy atom. The van der Waals surface area contributed by atoms with Crippen molar-refractivity contribution >= 4 is 22.9 Å². The van der Waals surface area contributed by atoms with E-state index < -0.39 is 0 Å². The fourth-order valence-electron chi connectivity index (χ4n) is 1.84. The van der Waals surface area contributed by atoms with Crippen LogP contribution in [0.5, 0.6) is 5.75 Å². The van der Waals surface area contributed by atoms with E-state index in [-0.39, 0.29) is 17.0 Å². The Bertz CT molecular complexity index is 495. The standard InChI is InChI=1S/C14H17FN2O3S/c15-11-1-3-12(4-2-11)20-9-6-16-13(18)5-7-17-8-10-21-14(17)19/h1-4H,5-10H2,(H,16,18). The average Bonchev–Trinajstić information content (AvgIpc) is 2.89. The molecule has 1 aliphatic heterocycles. The van der Waals surface area contributed by atoms with Crippen LogP contribution in [0.1, 0.15) is 6.42 Å². The van der Waals surface area contributed by atoms with Gasteiger partial charge < -0.3 is 15.0 Å². The number of carbonyl (C=O) groups is 2. The average molecular weight is 312 g/mol. The number of amides is 2. The molecule has 2 amide bonds. The number of carbonyl (C=O) groups excluding carboxylic acids is 2. The Hall–Kier alpha value is -1.76. The second kappa shape index (κ2) is 7.87. The van der Waals surface area contributed by atoms with E-state index in [0.29, 0.717) is 38.4 Å². The van der Waals surface area contributed by atoms with Crippen molar-refractivity contribution in [2.24, 2.45) is 0 Å². The highest BCUT2D eigenvalue weighted by Crippen LogP contribution is 2.16. The van der Waals surface area contributed by atoms with Crippen LogP contribution in [0.25, 0.3) is 0 Å². The molecule has 7 heteroatoms. The highest BCUT2D eigenvalue weighted by molar-refractivity contribution is 8.13. The fraction of sp³-hybridized carbons (Fsp3) is 0.429. The van der Waals surface area contributed by atoms with Crippen LogP contribution >= 0.6 is 11.8 Å². The van der Waals surface area contributed by atoms with Crippen molar-refractivity contribution in [1.82, 2.24) is 10.2 Å². The second-order valence-corrected chi connectivity index (χ2v) is 5.55. The molecule has 2 rings (SSSR count). The predicted molar refractivity (Wildman–Crippen MR) is 78.9 cm³/mol. The summed E-state index contributed by atoms with van der Waals surface area (Å²) in [4.78, 5) is 24.6. The Kier molecular flexibility index (Phi) is 5.86. The maximum absolute atomic E-state index is 12.7. The molecule has 114 valence electrons. The molecule has 5 nitrogen and oxygen atoms in total. The normalized spacial score (nSPS) is 14.3. The third kappa shape index (κ3) is 5.26. The Morgan fingerprint density at radius 2 is 2.14 bits per heavy atom. The van der Waals surface area contributed by atoms with E-state index in [9.17, 15) is 14.0 Å². The van der Waals surface area contributed by atoms with Gasteiger partial charge in [0, 0.05) is 25.3 Å². The van der Waals surface area contributed by atoms with Gasteiger partial charge in [0.05, 0.1) is 6.54 Å². The van der Waals surface area contributed by atoms with E-state index in [1.807, 2.05) is 0 Å². The molecule has 0 radical (unpaired) electrons. The van der Waals surface area contributed by atoms with E-state index in [2.05, 4.69) is 5.32 Å². The first-order chi connectivity index (χ1) is 10.1. The first kappa shape index (κ1) is 15.6. The molecule has 0 saturated carbocycles. The van der Waals surface area contributed by atoms with Crippen LogP contribution in [0.4, 0.5) is 9.18 Å². The first-order valence-corrected chi connectivity index (χ1v) is 7.70. The third-order valence-electron chi connectivity index (χ3n) is 2.96. The summed E-state index contributed by atoms with van der Waals surface area (Å²) in [7, 11) is 0. The number of nitrogens with one attached hydrogen (secondary N) is 1.